The molecule has 0 aliphatic rings. The van der Waals surface area contributed by atoms with Crippen molar-refractivity contribution < 1.29 is 9.18 Å². The van der Waals surface area contributed by atoms with Gasteiger partial charge in [0.05, 0.1) is 5.69 Å². The lowest BCUT2D eigenvalue weighted by Crippen LogP contribution is -2.07. The number of rotatable bonds is 4. The van der Waals surface area contributed by atoms with Gasteiger partial charge in [-0.15, -0.1) is 0 Å². The summed E-state index contributed by atoms with van der Waals surface area (Å²) < 4.78 is 13.5. The molecule has 0 unspecified atom stereocenters. The molecule has 0 aliphatic heterocycles. The Hall–Kier alpha value is -3.21. The van der Waals surface area contributed by atoms with Crippen LogP contribution in [0.3, 0.4) is 0 Å². The summed E-state index contributed by atoms with van der Waals surface area (Å²) in [5.74, 6) is -0.678. The molecule has 3 aromatic rings. The number of hydrogen-bond donors (Lipinski definition) is 2. The number of hydrogen-bond acceptors (Lipinski definition) is 2. The van der Waals surface area contributed by atoms with Crippen LogP contribution in [0.5, 0.6) is 0 Å². The highest BCUT2D eigenvalue weighted by Gasteiger charge is 2.02. The van der Waals surface area contributed by atoms with Gasteiger partial charge in [0.25, 0.3) is 0 Å². The van der Waals surface area contributed by atoms with Crippen LogP contribution in [0, 0.1) is 5.82 Å². The van der Waals surface area contributed by atoms with Crippen molar-refractivity contribution in [3.63, 3.8) is 0 Å². The van der Waals surface area contributed by atoms with E-state index in [1.54, 1.807) is 36.5 Å². The van der Waals surface area contributed by atoms with E-state index in [1.807, 2.05) is 18.2 Å². The van der Waals surface area contributed by atoms with E-state index >= 15 is 0 Å². The zero-order chi connectivity index (χ0) is 16.1. The van der Waals surface area contributed by atoms with Crippen molar-refractivity contribution in [2.75, 3.05) is 5.32 Å². The van der Waals surface area contributed by atoms with Crippen LogP contribution in [-0.4, -0.2) is 16.1 Å². The van der Waals surface area contributed by atoms with E-state index in [4.69, 9.17) is 0 Å². The van der Waals surface area contributed by atoms with E-state index in [1.165, 1.54) is 18.2 Å². The standard InChI is InChI=1S/C18H14FN3O/c19-16-4-2-1-3-13(16)7-10-18(23)21-15-8-5-14(6-9-15)17-11-12-20-22-17/h1-12H,(H,20,22)(H,21,23)/b10-7+. The number of aromatic nitrogens is 2. The number of anilines is 1. The molecule has 2 N–H and O–H groups in total. The molecule has 2 aromatic carbocycles. The van der Waals surface area contributed by atoms with Gasteiger partial charge in [0, 0.05) is 23.5 Å². The molecule has 4 nitrogen and oxygen atoms in total. The lowest BCUT2D eigenvalue weighted by molar-refractivity contribution is -0.111. The lowest BCUT2D eigenvalue weighted by atomic mass is 10.1. The monoisotopic (exact) mass is 307 g/mol. The highest BCUT2D eigenvalue weighted by atomic mass is 19.1. The fraction of sp³-hybridized carbons (Fsp3) is 0. The summed E-state index contributed by atoms with van der Waals surface area (Å²) in [7, 11) is 0. The number of amides is 1. The number of nitrogens with one attached hydrogen (secondary N) is 2. The van der Waals surface area contributed by atoms with E-state index in [9.17, 15) is 9.18 Å². The van der Waals surface area contributed by atoms with Gasteiger partial charge in [-0.3, -0.25) is 9.89 Å². The molecular weight excluding hydrogens is 293 g/mol. The number of H-pyrrole nitrogens is 1. The average molecular weight is 307 g/mol. The van der Waals surface area contributed by atoms with Crippen molar-refractivity contribution in [2.24, 2.45) is 0 Å². The molecule has 0 saturated carbocycles. The summed E-state index contributed by atoms with van der Waals surface area (Å²) in [5.41, 5.74) is 2.92. The molecule has 0 atom stereocenters. The number of carbonyl (C=O) groups excluding carboxylic acids is 1. The largest absolute Gasteiger partial charge is 0.323 e. The van der Waals surface area contributed by atoms with Crippen molar-refractivity contribution in [1.82, 2.24) is 10.2 Å². The topological polar surface area (TPSA) is 57.8 Å². The predicted molar refractivity (Wildman–Crippen MR) is 88.1 cm³/mol. The summed E-state index contributed by atoms with van der Waals surface area (Å²) in [5, 5.41) is 9.50. The number of nitrogens with zero attached hydrogens (tertiary/aromatic N) is 1. The normalized spacial score (nSPS) is 10.8. The van der Waals surface area contributed by atoms with Crippen LogP contribution < -0.4 is 5.32 Å². The number of halogens is 1. The Labute approximate surface area is 132 Å². The minimum Gasteiger partial charge on any atom is -0.323 e. The Morgan fingerprint density at radius 2 is 1.87 bits per heavy atom. The Morgan fingerprint density at radius 3 is 2.57 bits per heavy atom. The average Bonchev–Trinajstić information content (AvgIpc) is 3.09. The second-order valence-electron chi connectivity index (χ2n) is 4.89. The molecule has 0 fully saturated rings. The van der Waals surface area contributed by atoms with Crippen molar-refractivity contribution in [2.45, 2.75) is 0 Å². The minimum atomic E-state index is -0.361. The molecule has 0 spiro atoms. The molecule has 5 heteroatoms. The molecule has 0 radical (unpaired) electrons. The second kappa shape index (κ2) is 6.70. The molecule has 1 aromatic heterocycles. The third-order valence-electron chi connectivity index (χ3n) is 3.28. The van der Waals surface area contributed by atoms with E-state index in [2.05, 4.69) is 15.5 Å². The summed E-state index contributed by atoms with van der Waals surface area (Å²) in [6.07, 6.45) is 4.43. The first-order valence-electron chi connectivity index (χ1n) is 7.06. The maximum absolute atomic E-state index is 13.5. The van der Waals surface area contributed by atoms with Crippen molar-refractivity contribution in [1.29, 1.82) is 0 Å². The first kappa shape index (κ1) is 14.7. The Bertz CT molecular complexity index is 824. The molecule has 1 amide bonds. The van der Waals surface area contributed by atoms with Gasteiger partial charge < -0.3 is 5.32 Å². The molecule has 1 heterocycles. The quantitative estimate of drug-likeness (QED) is 0.719. The SMILES string of the molecule is O=C(/C=C/c1ccccc1F)Nc1ccc(-c2ccn[nH]2)cc1. The molecule has 0 aliphatic carbocycles. The van der Waals surface area contributed by atoms with Crippen LogP contribution >= 0.6 is 0 Å². The van der Waals surface area contributed by atoms with Crippen molar-refractivity contribution in [3.8, 4) is 11.3 Å². The molecule has 0 bridgehead atoms. The second-order valence-corrected chi connectivity index (χ2v) is 4.89. The Balaban J connectivity index is 1.65. The molecular formula is C18H14FN3O. The molecule has 114 valence electrons. The van der Waals surface area contributed by atoms with Gasteiger partial charge in [0.2, 0.25) is 5.91 Å². The highest BCUT2D eigenvalue weighted by Crippen LogP contribution is 2.19. The summed E-state index contributed by atoms with van der Waals surface area (Å²) >= 11 is 0. The van der Waals surface area contributed by atoms with Gasteiger partial charge in [-0.1, -0.05) is 30.3 Å². The van der Waals surface area contributed by atoms with E-state index in [0.29, 0.717) is 11.3 Å². The lowest BCUT2D eigenvalue weighted by Gasteiger charge is -2.03. The highest BCUT2D eigenvalue weighted by molar-refractivity contribution is 6.02. The van der Waals surface area contributed by atoms with Crippen LogP contribution in [0.2, 0.25) is 0 Å². The van der Waals surface area contributed by atoms with Crippen LogP contribution in [-0.2, 0) is 4.79 Å². The van der Waals surface area contributed by atoms with Gasteiger partial charge in [0.1, 0.15) is 5.82 Å². The Kier molecular flexibility index (Phi) is 4.29. The van der Waals surface area contributed by atoms with Crippen LogP contribution in [0.25, 0.3) is 17.3 Å². The van der Waals surface area contributed by atoms with Gasteiger partial charge in [-0.2, -0.15) is 5.10 Å². The Morgan fingerprint density at radius 1 is 1.09 bits per heavy atom. The zero-order valence-corrected chi connectivity index (χ0v) is 12.2. The zero-order valence-electron chi connectivity index (χ0n) is 12.2. The van der Waals surface area contributed by atoms with E-state index in [0.717, 1.165) is 11.3 Å². The maximum Gasteiger partial charge on any atom is 0.248 e. The third-order valence-corrected chi connectivity index (χ3v) is 3.28. The fourth-order valence-corrected chi connectivity index (χ4v) is 2.11. The van der Waals surface area contributed by atoms with Crippen LogP contribution in [0.1, 0.15) is 5.56 Å². The number of aromatic amines is 1. The molecule has 0 saturated heterocycles. The maximum atomic E-state index is 13.5. The summed E-state index contributed by atoms with van der Waals surface area (Å²) in [4.78, 5) is 11.9. The molecule has 23 heavy (non-hydrogen) atoms. The number of carbonyl (C=O) groups is 1. The summed E-state index contributed by atoms with van der Waals surface area (Å²) in [6, 6.07) is 15.5. The van der Waals surface area contributed by atoms with Crippen molar-refractivity contribution >= 4 is 17.7 Å². The van der Waals surface area contributed by atoms with E-state index < -0.39 is 0 Å². The fourth-order valence-electron chi connectivity index (χ4n) is 2.11. The van der Waals surface area contributed by atoms with E-state index in [-0.39, 0.29) is 11.7 Å². The van der Waals surface area contributed by atoms with Crippen LogP contribution in [0.4, 0.5) is 10.1 Å². The summed E-state index contributed by atoms with van der Waals surface area (Å²) in [6.45, 7) is 0. The van der Waals surface area contributed by atoms with Crippen molar-refractivity contribution in [3.05, 3.63) is 78.3 Å². The number of benzene rings is 2. The minimum absolute atomic E-state index is 0.317. The van der Waals surface area contributed by atoms with Crippen LogP contribution in [0.15, 0.2) is 66.9 Å². The first-order chi connectivity index (χ1) is 11.2. The third kappa shape index (κ3) is 3.71. The predicted octanol–water partition coefficient (Wildman–Crippen LogP) is 3.87. The van der Waals surface area contributed by atoms with Gasteiger partial charge >= 0.3 is 0 Å². The first-order valence-corrected chi connectivity index (χ1v) is 7.06. The van der Waals surface area contributed by atoms with Gasteiger partial charge in [-0.25, -0.2) is 4.39 Å². The smallest absolute Gasteiger partial charge is 0.248 e. The van der Waals surface area contributed by atoms with Gasteiger partial charge in [0.15, 0.2) is 0 Å². The molecule has 3 rings (SSSR count). The van der Waals surface area contributed by atoms with Gasteiger partial charge in [-0.05, 0) is 35.9 Å².